The third-order valence-corrected chi connectivity index (χ3v) is 8.61. The van der Waals surface area contributed by atoms with Gasteiger partial charge in [0.15, 0.2) is 0 Å². The molecule has 0 unspecified atom stereocenters. The fourth-order valence-corrected chi connectivity index (χ4v) is 6.29. The third-order valence-electron chi connectivity index (χ3n) is 8.61. The average Bonchev–Trinajstić information content (AvgIpc) is 3.14. The zero-order chi connectivity index (χ0) is 23.8. The highest BCUT2D eigenvalue weighted by atomic mass is 35.5. The van der Waals surface area contributed by atoms with E-state index >= 15 is 0 Å². The van der Waals surface area contributed by atoms with Gasteiger partial charge in [0.1, 0.15) is 5.82 Å². The number of carbonyl (C=O) groups excluding carboxylic acids is 1. The molecule has 2 bridgehead atoms. The summed E-state index contributed by atoms with van der Waals surface area (Å²) in [5.41, 5.74) is 12.6. The average molecular weight is 496 g/mol. The molecule has 1 aromatic carbocycles. The van der Waals surface area contributed by atoms with Crippen molar-refractivity contribution in [3.8, 4) is 0 Å². The summed E-state index contributed by atoms with van der Waals surface area (Å²) < 4.78 is 26.6. The Kier molecular flexibility index (Phi) is 8.73. The Bertz CT molecular complexity index is 845. The standard InChI is InChI=1S/C25H39BFN3O3.ClH/c1-24(2)17-13-21(24)25(3)22(14-17)32-26(33-25)18(12-16-7-9-19(27)10-8-16)15-30-23(31)20(29)6-4-5-11-28;/h7-10,17-18,20-22H,4-6,11-15,28-29H2,1-3H3,(H,30,31);1H/t17-,18-,20+,21-,22+,25-;/m1./s1. The van der Waals surface area contributed by atoms with Crippen LogP contribution >= 0.6 is 12.4 Å². The number of carbonyl (C=O) groups is 1. The number of rotatable bonds is 10. The van der Waals surface area contributed by atoms with Crippen molar-refractivity contribution < 1.29 is 18.5 Å². The van der Waals surface area contributed by atoms with Gasteiger partial charge in [0.2, 0.25) is 5.91 Å². The molecule has 1 amide bonds. The lowest BCUT2D eigenvalue weighted by atomic mass is 9.43. The van der Waals surface area contributed by atoms with Gasteiger partial charge in [-0.1, -0.05) is 32.4 Å². The second-order valence-corrected chi connectivity index (χ2v) is 11.1. The Morgan fingerprint density at radius 3 is 2.59 bits per heavy atom. The van der Waals surface area contributed by atoms with Gasteiger partial charge in [0.05, 0.1) is 17.7 Å². The van der Waals surface area contributed by atoms with Gasteiger partial charge in [-0.2, -0.15) is 0 Å². The molecule has 5 N–H and O–H groups in total. The number of hydrogen-bond donors (Lipinski definition) is 3. The molecule has 3 saturated carbocycles. The van der Waals surface area contributed by atoms with E-state index in [4.69, 9.17) is 20.8 Å². The van der Waals surface area contributed by atoms with Gasteiger partial charge in [-0.05, 0) is 80.5 Å². The van der Waals surface area contributed by atoms with Crippen LogP contribution in [0.3, 0.4) is 0 Å². The van der Waals surface area contributed by atoms with Gasteiger partial charge in [-0.15, -0.1) is 12.4 Å². The second-order valence-electron chi connectivity index (χ2n) is 11.1. The van der Waals surface area contributed by atoms with E-state index in [2.05, 4.69) is 26.1 Å². The summed E-state index contributed by atoms with van der Waals surface area (Å²) in [6.07, 6.45) is 5.19. The highest BCUT2D eigenvalue weighted by Crippen LogP contribution is 2.66. The predicted molar refractivity (Wildman–Crippen MR) is 135 cm³/mol. The lowest BCUT2D eigenvalue weighted by molar-refractivity contribution is -0.199. The summed E-state index contributed by atoms with van der Waals surface area (Å²) in [7, 11) is -0.422. The van der Waals surface area contributed by atoms with Crippen molar-refractivity contribution in [2.75, 3.05) is 13.1 Å². The van der Waals surface area contributed by atoms with Gasteiger partial charge < -0.3 is 26.1 Å². The van der Waals surface area contributed by atoms with E-state index in [9.17, 15) is 9.18 Å². The Morgan fingerprint density at radius 2 is 1.94 bits per heavy atom. The Balaban J connectivity index is 0.00000324. The molecule has 4 aliphatic rings. The van der Waals surface area contributed by atoms with Crippen molar-refractivity contribution in [2.24, 2.45) is 28.7 Å². The molecule has 4 fully saturated rings. The smallest absolute Gasteiger partial charge is 0.405 e. The maximum Gasteiger partial charge on any atom is 0.463 e. The lowest BCUT2D eigenvalue weighted by Gasteiger charge is -2.64. The van der Waals surface area contributed by atoms with Gasteiger partial charge >= 0.3 is 7.12 Å². The minimum absolute atomic E-state index is 0. The van der Waals surface area contributed by atoms with Gasteiger partial charge in [-0.25, -0.2) is 4.39 Å². The monoisotopic (exact) mass is 495 g/mol. The van der Waals surface area contributed by atoms with Crippen LogP contribution in [0.5, 0.6) is 0 Å². The summed E-state index contributed by atoms with van der Waals surface area (Å²) in [6.45, 7) is 7.87. The molecule has 1 saturated heterocycles. The van der Waals surface area contributed by atoms with E-state index in [0.29, 0.717) is 37.8 Å². The van der Waals surface area contributed by atoms with E-state index in [1.54, 1.807) is 12.1 Å². The normalized spacial score (nSPS) is 30.5. The topological polar surface area (TPSA) is 99.6 Å². The Morgan fingerprint density at radius 1 is 1.24 bits per heavy atom. The molecule has 3 aliphatic carbocycles. The number of nitrogens with two attached hydrogens (primary N) is 2. The molecular weight excluding hydrogens is 456 g/mol. The maximum absolute atomic E-state index is 13.4. The van der Waals surface area contributed by atoms with Crippen LogP contribution in [0.25, 0.3) is 0 Å². The van der Waals surface area contributed by atoms with Crippen LogP contribution < -0.4 is 16.8 Å². The first-order valence-corrected chi connectivity index (χ1v) is 12.5. The zero-order valence-electron chi connectivity index (χ0n) is 20.6. The molecule has 34 heavy (non-hydrogen) atoms. The van der Waals surface area contributed by atoms with E-state index in [0.717, 1.165) is 24.8 Å². The number of nitrogens with one attached hydrogen (secondary N) is 1. The first-order valence-electron chi connectivity index (χ1n) is 12.5. The van der Waals surface area contributed by atoms with E-state index in [1.165, 1.54) is 18.6 Å². The fraction of sp³-hybridized carbons (Fsp3) is 0.720. The summed E-state index contributed by atoms with van der Waals surface area (Å²) in [4.78, 5) is 12.6. The first kappa shape index (κ1) is 27.4. The molecule has 1 aromatic rings. The summed E-state index contributed by atoms with van der Waals surface area (Å²) >= 11 is 0. The van der Waals surface area contributed by atoms with Crippen molar-refractivity contribution in [2.45, 2.75) is 82.9 Å². The quantitative estimate of drug-likeness (QED) is 0.341. The molecule has 1 heterocycles. The van der Waals surface area contributed by atoms with Crippen LogP contribution in [0.1, 0.15) is 58.4 Å². The van der Waals surface area contributed by atoms with Crippen LogP contribution in [0.2, 0.25) is 5.82 Å². The van der Waals surface area contributed by atoms with Crippen molar-refractivity contribution in [1.29, 1.82) is 0 Å². The molecule has 9 heteroatoms. The number of halogens is 2. The SMILES string of the molecule is CC1(C)[C@H]2C[C@@H]3OB([C@@H](CNC(=O)[C@@H](N)CCCCN)Cc4ccc(F)cc4)O[C@]3(C)[C@@H]1C2.Cl. The summed E-state index contributed by atoms with van der Waals surface area (Å²) in [5, 5.41) is 3.02. The molecule has 0 spiro atoms. The number of benzene rings is 1. The van der Waals surface area contributed by atoms with Crippen molar-refractivity contribution in [3.05, 3.63) is 35.6 Å². The molecule has 6 atom stereocenters. The van der Waals surface area contributed by atoms with E-state index < -0.39 is 13.2 Å². The molecule has 190 valence electrons. The highest BCUT2D eigenvalue weighted by molar-refractivity contribution is 6.47. The largest absolute Gasteiger partial charge is 0.463 e. The molecule has 0 aromatic heterocycles. The molecule has 5 rings (SSSR count). The van der Waals surface area contributed by atoms with Crippen LogP contribution in [0, 0.1) is 23.1 Å². The molecule has 1 aliphatic heterocycles. The Labute approximate surface area is 209 Å². The molecule has 6 nitrogen and oxygen atoms in total. The summed E-state index contributed by atoms with van der Waals surface area (Å²) in [6, 6.07) is 5.95. The maximum atomic E-state index is 13.4. The Hall–Kier alpha value is -1.19. The van der Waals surface area contributed by atoms with Gasteiger partial charge in [0.25, 0.3) is 0 Å². The van der Waals surface area contributed by atoms with Crippen LogP contribution in [-0.2, 0) is 20.5 Å². The lowest BCUT2D eigenvalue weighted by Crippen LogP contribution is -2.65. The number of amides is 1. The molecular formula is C25H40BClFN3O3. The first-order chi connectivity index (χ1) is 15.6. The predicted octanol–water partition coefficient (Wildman–Crippen LogP) is 3.46. The fourth-order valence-electron chi connectivity index (χ4n) is 6.29. The van der Waals surface area contributed by atoms with Crippen molar-refractivity contribution in [3.63, 3.8) is 0 Å². The molecule has 0 radical (unpaired) electrons. The number of unbranched alkanes of at least 4 members (excludes halogenated alkanes) is 1. The minimum Gasteiger partial charge on any atom is -0.405 e. The van der Waals surface area contributed by atoms with Crippen LogP contribution in [-0.4, -0.2) is 43.9 Å². The summed E-state index contributed by atoms with van der Waals surface area (Å²) in [5.74, 6) is 0.612. The highest BCUT2D eigenvalue weighted by Gasteiger charge is 2.68. The third kappa shape index (κ3) is 5.31. The van der Waals surface area contributed by atoms with Gasteiger partial charge in [-0.3, -0.25) is 4.79 Å². The van der Waals surface area contributed by atoms with E-state index in [-0.39, 0.29) is 47.1 Å². The van der Waals surface area contributed by atoms with Crippen LogP contribution in [0.15, 0.2) is 24.3 Å². The van der Waals surface area contributed by atoms with Crippen LogP contribution in [0.4, 0.5) is 4.39 Å². The zero-order valence-corrected chi connectivity index (χ0v) is 21.4. The van der Waals surface area contributed by atoms with E-state index in [1.807, 2.05) is 0 Å². The number of hydrogen-bond acceptors (Lipinski definition) is 5. The van der Waals surface area contributed by atoms with Crippen molar-refractivity contribution in [1.82, 2.24) is 5.32 Å². The minimum atomic E-state index is -0.554. The second kappa shape index (κ2) is 10.8. The van der Waals surface area contributed by atoms with Crippen molar-refractivity contribution >= 4 is 25.4 Å². The van der Waals surface area contributed by atoms with Gasteiger partial charge in [0, 0.05) is 12.4 Å².